The number of ether oxygens (including phenoxy) is 1. The molecule has 4 nitrogen and oxygen atoms in total. The molecule has 0 aliphatic rings. The molecule has 2 heterocycles. The lowest BCUT2D eigenvalue weighted by atomic mass is 10.4. The molecule has 0 N–H and O–H groups in total. The Hall–Kier alpha value is -1.58. The highest BCUT2D eigenvalue weighted by Crippen LogP contribution is 2.10. The summed E-state index contributed by atoms with van der Waals surface area (Å²) in [5, 5.41) is 4.26. The van der Waals surface area contributed by atoms with Gasteiger partial charge in [0.1, 0.15) is 0 Å². The largest absolute Gasteiger partial charge is 0.480 e. The van der Waals surface area contributed by atoms with Crippen LogP contribution in [0.4, 0.5) is 0 Å². The highest BCUT2D eigenvalue weighted by atomic mass is 16.5. The van der Waals surface area contributed by atoms with Crippen molar-refractivity contribution in [1.29, 1.82) is 0 Å². The number of rotatable bonds is 2. The zero-order valence-electron chi connectivity index (χ0n) is 7.69. The number of hydrogen-bond acceptors (Lipinski definition) is 3. The van der Waals surface area contributed by atoms with E-state index in [1.807, 2.05) is 18.3 Å². The first-order valence-corrected chi connectivity index (χ1v) is 4.23. The van der Waals surface area contributed by atoms with Crippen LogP contribution in [0.15, 0.2) is 18.3 Å². The van der Waals surface area contributed by atoms with Crippen molar-refractivity contribution in [2.45, 2.75) is 13.3 Å². The minimum Gasteiger partial charge on any atom is -0.480 e. The van der Waals surface area contributed by atoms with Crippen LogP contribution >= 0.6 is 0 Å². The lowest BCUT2D eigenvalue weighted by molar-refractivity contribution is 0.389. The molecule has 0 aliphatic carbocycles. The summed E-state index contributed by atoms with van der Waals surface area (Å²) in [6, 6.07) is 3.70. The fourth-order valence-electron chi connectivity index (χ4n) is 1.25. The van der Waals surface area contributed by atoms with Gasteiger partial charge in [-0.2, -0.15) is 0 Å². The second kappa shape index (κ2) is 3.05. The Balaban J connectivity index is 2.64. The summed E-state index contributed by atoms with van der Waals surface area (Å²) in [7, 11) is 1.61. The Morgan fingerprint density at radius 1 is 1.46 bits per heavy atom. The number of methoxy groups -OCH3 is 1. The molecule has 2 aromatic rings. The molecule has 0 atom stereocenters. The minimum atomic E-state index is 0.611. The topological polar surface area (TPSA) is 39.4 Å². The van der Waals surface area contributed by atoms with Gasteiger partial charge in [-0.3, -0.25) is 0 Å². The zero-order chi connectivity index (χ0) is 9.26. The van der Waals surface area contributed by atoms with Crippen LogP contribution in [0.1, 0.15) is 12.6 Å². The molecule has 0 bridgehead atoms. The van der Waals surface area contributed by atoms with Crippen molar-refractivity contribution in [2.24, 2.45) is 0 Å². The average Bonchev–Trinajstić information content (AvgIpc) is 2.59. The fourth-order valence-corrected chi connectivity index (χ4v) is 1.25. The normalized spacial score (nSPS) is 10.6. The van der Waals surface area contributed by atoms with E-state index < -0.39 is 0 Å². The molecule has 0 fully saturated rings. The quantitative estimate of drug-likeness (QED) is 0.694. The summed E-state index contributed by atoms with van der Waals surface area (Å²) in [6.07, 6.45) is 2.75. The molecule has 2 aromatic heterocycles. The molecular weight excluding hydrogens is 166 g/mol. The van der Waals surface area contributed by atoms with Gasteiger partial charge in [-0.25, -0.2) is 9.50 Å². The molecule has 68 valence electrons. The summed E-state index contributed by atoms with van der Waals surface area (Å²) >= 11 is 0. The van der Waals surface area contributed by atoms with Crippen molar-refractivity contribution < 1.29 is 4.74 Å². The monoisotopic (exact) mass is 177 g/mol. The number of aromatic nitrogens is 3. The summed E-state index contributed by atoms with van der Waals surface area (Å²) in [5.74, 6) is 0.611. The standard InChI is InChI=1S/C9H11N3O/c1-3-7-6-10-8-4-5-9(13-2)11-12(7)8/h4-6H,3H2,1-2H3. The third-order valence-corrected chi connectivity index (χ3v) is 1.98. The highest BCUT2D eigenvalue weighted by molar-refractivity contribution is 5.39. The van der Waals surface area contributed by atoms with Crippen molar-refractivity contribution >= 4 is 5.65 Å². The third kappa shape index (κ3) is 1.24. The SMILES string of the molecule is CCc1cnc2ccc(OC)nn12. The Labute approximate surface area is 76.2 Å². The first-order chi connectivity index (χ1) is 6.35. The molecule has 0 unspecified atom stereocenters. The van der Waals surface area contributed by atoms with Crippen LogP contribution in [0.3, 0.4) is 0 Å². The van der Waals surface area contributed by atoms with Crippen molar-refractivity contribution in [1.82, 2.24) is 14.6 Å². The maximum atomic E-state index is 5.03. The molecule has 0 radical (unpaired) electrons. The minimum absolute atomic E-state index is 0.611. The van der Waals surface area contributed by atoms with Crippen LogP contribution < -0.4 is 4.74 Å². The zero-order valence-corrected chi connectivity index (χ0v) is 7.69. The first-order valence-electron chi connectivity index (χ1n) is 4.23. The van der Waals surface area contributed by atoms with Gasteiger partial charge in [0.15, 0.2) is 5.65 Å². The lowest BCUT2D eigenvalue weighted by Gasteiger charge is -2.00. The summed E-state index contributed by atoms with van der Waals surface area (Å²) in [4.78, 5) is 4.21. The van der Waals surface area contributed by atoms with E-state index in [1.54, 1.807) is 11.6 Å². The number of imidazole rings is 1. The van der Waals surface area contributed by atoms with Crippen LogP contribution in [0.5, 0.6) is 5.88 Å². The van der Waals surface area contributed by atoms with Gasteiger partial charge in [-0.05, 0) is 12.5 Å². The Morgan fingerprint density at radius 3 is 3.00 bits per heavy atom. The van der Waals surface area contributed by atoms with Gasteiger partial charge >= 0.3 is 0 Å². The number of aryl methyl sites for hydroxylation is 1. The molecule has 0 aliphatic heterocycles. The van der Waals surface area contributed by atoms with Crippen molar-refractivity contribution in [2.75, 3.05) is 7.11 Å². The molecule has 0 amide bonds. The van der Waals surface area contributed by atoms with E-state index >= 15 is 0 Å². The van der Waals surface area contributed by atoms with Crippen LogP contribution in [0.25, 0.3) is 5.65 Å². The second-order valence-corrected chi connectivity index (χ2v) is 2.75. The van der Waals surface area contributed by atoms with Crippen molar-refractivity contribution in [3.05, 3.63) is 24.0 Å². The lowest BCUT2D eigenvalue weighted by Crippen LogP contribution is -1.98. The molecule has 0 saturated carbocycles. The van der Waals surface area contributed by atoms with Gasteiger partial charge in [0.05, 0.1) is 19.0 Å². The first kappa shape index (κ1) is 8.04. The highest BCUT2D eigenvalue weighted by Gasteiger charge is 2.02. The predicted molar refractivity (Wildman–Crippen MR) is 48.9 cm³/mol. The van der Waals surface area contributed by atoms with E-state index in [0.29, 0.717) is 5.88 Å². The molecule has 13 heavy (non-hydrogen) atoms. The Morgan fingerprint density at radius 2 is 2.31 bits per heavy atom. The van der Waals surface area contributed by atoms with Gasteiger partial charge in [0.25, 0.3) is 0 Å². The maximum Gasteiger partial charge on any atom is 0.231 e. The predicted octanol–water partition coefficient (Wildman–Crippen LogP) is 1.30. The Bertz CT molecular complexity index is 422. The average molecular weight is 177 g/mol. The summed E-state index contributed by atoms with van der Waals surface area (Å²) in [5.41, 5.74) is 1.95. The molecule has 0 saturated heterocycles. The summed E-state index contributed by atoms with van der Waals surface area (Å²) in [6.45, 7) is 2.07. The van der Waals surface area contributed by atoms with E-state index in [4.69, 9.17) is 4.74 Å². The number of nitrogens with zero attached hydrogens (tertiary/aromatic N) is 3. The molecule has 0 spiro atoms. The van der Waals surface area contributed by atoms with Gasteiger partial charge in [-0.15, -0.1) is 5.10 Å². The summed E-state index contributed by atoms with van der Waals surface area (Å²) < 4.78 is 6.84. The van der Waals surface area contributed by atoms with E-state index in [2.05, 4.69) is 17.0 Å². The molecule has 2 rings (SSSR count). The van der Waals surface area contributed by atoms with Crippen molar-refractivity contribution in [3.63, 3.8) is 0 Å². The van der Waals surface area contributed by atoms with E-state index in [0.717, 1.165) is 17.8 Å². The number of fused-ring (bicyclic) bond motifs is 1. The van der Waals surface area contributed by atoms with Gasteiger partial charge in [0.2, 0.25) is 5.88 Å². The van der Waals surface area contributed by atoms with E-state index in [9.17, 15) is 0 Å². The smallest absolute Gasteiger partial charge is 0.231 e. The maximum absolute atomic E-state index is 5.03. The van der Waals surface area contributed by atoms with E-state index in [1.165, 1.54) is 0 Å². The third-order valence-electron chi connectivity index (χ3n) is 1.98. The Kier molecular flexibility index (Phi) is 1.88. The van der Waals surface area contributed by atoms with E-state index in [-0.39, 0.29) is 0 Å². The van der Waals surface area contributed by atoms with Gasteiger partial charge in [0, 0.05) is 6.07 Å². The van der Waals surface area contributed by atoms with Crippen LogP contribution in [-0.4, -0.2) is 21.7 Å². The van der Waals surface area contributed by atoms with Gasteiger partial charge in [-0.1, -0.05) is 6.92 Å². The van der Waals surface area contributed by atoms with Crippen LogP contribution in [0, 0.1) is 0 Å². The van der Waals surface area contributed by atoms with Gasteiger partial charge < -0.3 is 4.74 Å². The van der Waals surface area contributed by atoms with Crippen LogP contribution in [-0.2, 0) is 6.42 Å². The molecular formula is C9H11N3O. The second-order valence-electron chi connectivity index (χ2n) is 2.75. The fraction of sp³-hybridized carbons (Fsp3) is 0.333. The van der Waals surface area contributed by atoms with Crippen molar-refractivity contribution in [3.8, 4) is 5.88 Å². The molecule has 0 aromatic carbocycles. The van der Waals surface area contributed by atoms with Crippen LogP contribution in [0.2, 0.25) is 0 Å². The number of hydrogen-bond donors (Lipinski definition) is 0. The molecule has 4 heteroatoms.